The lowest BCUT2D eigenvalue weighted by atomic mass is 10.2. The van der Waals surface area contributed by atoms with Crippen molar-refractivity contribution in [3.63, 3.8) is 0 Å². The molecule has 0 radical (unpaired) electrons. The van der Waals surface area contributed by atoms with Gasteiger partial charge in [0.25, 0.3) is 0 Å². The Kier molecular flexibility index (Phi) is 3.47. The molecular weight excluding hydrogens is 256 g/mol. The van der Waals surface area contributed by atoms with Crippen molar-refractivity contribution in [3.8, 4) is 0 Å². The number of hydrogen-bond acceptors (Lipinski definition) is 4. The van der Waals surface area contributed by atoms with Crippen LogP contribution in [0.1, 0.15) is 10.7 Å². The third-order valence-corrected chi connectivity index (χ3v) is 3.37. The predicted molar refractivity (Wildman–Crippen MR) is 69.7 cm³/mol. The summed E-state index contributed by atoms with van der Waals surface area (Å²) in [4.78, 5) is 5.84. The van der Waals surface area contributed by atoms with Gasteiger partial charge in [0.15, 0.2) is 11.6 Å². The molecule has 1 aromatic heterocycles. The quantitative estimate of drug-likeness (QED) is 0.871. The number of thiazole rings is 1. The number of nitrogens with zero attached hydrogens (tertiary/aromatic N) is 2. The Morgan fingerprint density at radius 3 is 2.72 bits per heavy atom. The predicted octanol–water partition coefficient (Wildman–Crippen LogP) is 2.95. The Labute approximate surface area is 108 Å². The molecule has 0 aliphatic heterocycles. The summed E-state index contributed by atoms with van der Waals surface area (Å²) in [7, 11) is 1.66. The van der Waals surface area contributed by atoms with Crippen LogP contribution in [-0.2, 0) is 6.54 Å². The van der Waals surface area contributed by atoms with Gasteiger partial charge in [0.05, 0.1) is 28.6 Å². The number of aromatic nitrogens is 1. The molecule has 3 nitrogen and oxygen atoms in total. The first-order chi connectivity index (χ1) is 8.49. The third-order valence-electron chi connectivity index (χ3n) is 2.55. The number of hydrogen-bond donors (Lipinski definition) is 1. The molecular formula is C12H13F2N3S. The van der Waals surface area contributed by atoms with Crippen LogP contribution >= 0.6 is 11.3 Å². The van der Waals surface area contributed by atoms with Crippen LogP contribution in [0.4, 0.5) is 20.2 Å². The van der Waals surface area contributed by atoms with Crippen molar-refractivity contribution in [2.24, 2.45) is 0 Å². The standard InChI is InChI=1S/C12H13F2N3S/c1-7-16-8(6-18-7)5-17(2)12-10(15)4-3-9(13)11(12)14/h3-4,6H,5,15H2,1-2H3. The van der Waals surface area contributed by atoms with Gasteiger partial charge < -0.3 is 10.6 Å². The number of benzene rings is 1. The molecule has 0 amide bonds. The largest absolute Gasteiger partial charge is 0.397 e. The van der Waals surface area contributed by atoms with E-state index in [0.717, 1.165) is 16.8 Å². The van der Waals surface area contributed by atoms with Gasteiger partial charge in [-0.05, 0) is 19.1 Å². The van der Waals surface area contributed by atoms with Crippen LogP contribution in [0.5, 0.6) is 0 Å². The van der Waals surface area contributed by atoms with Crippen molar-refractivity contribution in [3.05, 3.63) is 39.8 Å². The first-order valence-corrected chi connectivity index (χ1v) is 6.22. The van der Waals surface area contributed by atoms with Gasteiger partial charge in [-0.2, -0.15) is 0 Å². The zero-order valence-corrected chi connectivity index (χ0v) is 10.9. The fourth-order valence-electron chi connectivity index (χ4n) is 1.75. The van der Waals surface area contributed by atoms with E-state index in [1.54, 1.807) is 11.9 Å². The van der Waals surface area contributed by atoms with Crippen LogP contribution in [0.25, 0.3) is 0 Å². The van der Waals surface area contributed by atoms with Crippen LogP contribution in [0.3, 0.4) is 0 Å². The van der Waals surface area contributed by atoms with Gasteiger partial charge in [0, 0.05) is 12.4 Å². The molecule has 6 heteroatoms. The SMILES string of the molecule is Cc1nc(CN(C)c2c(N)ccc(F)c2F)cs1. The molecule has 0 saturated carbocycles. The fraction of sp³-hybridized carbons (Fsp3) is 0.250. The van der Waals surface area contributed by atoms with Crippen LogP contribution in [-0.4, -0.2) is 12.0 Å². The second-order valence-electron chi connectivity index (χ2n) is 4.01. The topological polar surface area (TPSA) is 42.2 Å². The molecule has 0 bridgehead atoms. The Morgan fingerprint density at radius 2 is 2.11 bits per heavy atom. The summed E-state index contributed by atoms with van der Waals surface area (Å²) >= 11 is 1.52. The van der Waals surface area contributed by atoms with Gasteiger partial charge in [-0.25, -0.2) is 13.8 Å². The van der Waals surface area contributed by atoms with E-state index in [0.29, 0.717) is 6.54 Å². The second kappa shape index (κ2) is 4.89. The summed E-state index contributed by atoms with van der Waals surface area (Å²) < 4.78 is 26.9. The zero-order valence-electron chi connectivity index (χ0n) is 10.1. The molecule has 2 N–H and O–H groups in total. The lowest BCUT2D eigenvalue weighted by molar-refractivity contribution is 0.508. The molecule has 2 rings (SSSR count). The summed E-state index contributed by atoms with van der Waals surface area (Å²) in [6.07, 6.45) is 0. The Balaban J connectivity index is 2.28. The fourth-order valence-corrected chi connectivity index (χ4v) is 2.35. The molecule has 1 heterocycles. The van der Waals surface area contributed by atoms with E-state index in [4.69, 9.17) is 5.73 Å². The lowest BCUT2D eigenvalue weighted by Crippen LogP contribution is -2.20. The first kappa shape index (κ1) is 12.8. The molecule has 0 aliphatic rings. The number of rotatable bonds is 3. The van der Waals surface area contributed by atoms with Crippen molar-refractivity contribution in [1.82, 2.24) is 4.98 Å². The van der Waals surface area contributed by atoms with Crippen molar-refractivity contribution >= 4 is 22.7 Å². The minimum absolute atomic E-state index is 0.0700. The third kappa shape index (κ3) is 2.43. The highest BCUT2D eigenvalue weighted by Gasteiger charge is 2.16. The van der Waals surface area contributed by atoms with E-state index >= 15 is 0 Å². The smallest absolute Gasteiger partial charge is 0.184 e. The highest BCUT2D eigenvalue weighted by atomic mass is 32.1. The molecule has 2 aromatic rings. The van der Waals surface area contributed by atoms with Crippen LogP contribution < -0.4 is 10.6 Å². The van der Waals surface area contributed by atoms with Crippen molar-refractivity contribution in [2.75, 3.05) is 17.7 Å². The normalized spacial score (nSPS) is 10.7. The van der Waals surface area contributed by atoms with E-state index in [9.17, 15) is 8.78 Å². The summed E-state index contributed by atoms with van der Waals surface area (Å²) in [5, 5.41) is 2.82. The molecule has 0 unspecified atom stereocenters. The van der Waals surface area contributed by atoms with Crippen molar-refractivity contribution < 1.29 is 8.78 Å². The van der Waals surface area contributed by atoms with Gasteiger partial charge in [-0.3, -0.25) is 0 Å². The van der Waals surface area contributed by atoms with Crippen molar-refractivity contribution in [2.45, 2.75) is 13.5 Å². The van der Waals surface area contributed by atoms with Gasteiger partial charge in [-0.15, -0.1) is 11.3 Å². The van der Waals surface area contributed by atoms with Crippen LogP contribution in [0.2, 0.25) is 0 Å². The molecule has 96 valence electrons. The maximum absolute atomic E-state index is 13.7. The minimum atomic E-state index is -0.926. The first-order valence-electron chi connectivity index (χ1n) is 5.34. The van der Waals surface area contributed by atoms with Gasteiger partial charge in [0.1, 0.15) is 0 Å². The molecule has 18 heavy (non-hydrogen) atoms. The van der Waals surface area contributed by atoms with Gasteiger partial charge in [-0.1, -0.05) is 0 Å². The average molecular weight is 269 g/mol. The molecule has 0 atom stereocenters. The maximum Gasteiger partial charge on any atom is 0.184 e. The highest BCUT2D eigenvalue weighted by Crippen LogP contribution is 2.28. The van der Waals surface area contributed by atoms with E-state index in [-0.39, 0.29) is 11.4 Å². The summed E-state index contributed by atoms with van der Waals surface area (Å²) in [5.41, 5.74) is 6.77. The maximum atomic E-state index is 13.7. The molecule has 0 spiro atoms. The lowest BCUT2D eigenvalue weighted by Gasteiger charge is -2.20. The molecule has 0 saturated heterocycles. The minimum Gasteiger partial charge on any atom is -0.397 e. The van der Waals surface area contributed by atoms with E-state index in [1.165, 1.54) is 17.4 Å². The van der Waals surface area contributed by atoms with E-state index < -0.39 is 11.6 Å². The Hall–Kier alpha value is -1.69. The second-order valence-corrected chi connectivity index (χ2v) is 5.08. The summed E-state index contributed by atoms with van der Waals surface area (Å²) in [6.45, 7) is 2.28. The van der Waals surface area contributed by atoms with Crippen molar-refractivity contribution in [1.29, 1.82) is 0 Å². The molecule has 1 aromatic carbocycles. The van der Waals surface area contributed by atoms with Crippen LogP contribution in [0.15, 0.2) is 17.5 Å². The number of nitrogen functional groups attached to an aromatic ring is 1. The van der Waals surface area contributed by atoms with E-state index in [1.807, 2.05) is 12.3 Å². The number of nitrogens with two attached hydrogens (primary N) is 1. The Morgan fingerprint density at radius 1 is 1.39 bits per heavy atom. The van der Waals surface area contributed by atoms with E-state index in [2.05, 4.69) is 4.98 Å². The van der Waals surface area contributed by atoms with Crippen LogP contribution in [0, 0.1) is 18.6 Å². The Bertz CT molecular complexity index is 568. The molecule has 0 aliphatic carbocycles. The summed E-state index contributed by atoms with van der Waals surface area (Å²) in [5.74, 6) is -1.83. The number of anilines is 2. The zero-order chi connectivity index (χ0) is 13.3. The number of aryl methyl sites for hydroxylation is 1. The van der Waals surface area contributed by atoms with Gasteiger partial charge >= 0.3 is 0 Å². The van der Waals surface area contributed by atoms with Gasteiger partial charge in [0.2, 0.25) is 0 Å². The monoisotopic (exact) mass is 269 g/mol. The summed E-state index contributed by atoms with van der Waals surface area (Å²) in [6, 6.07) is 2.38. The molecule has 0 fully saturated rings. The highest BCUT2D eigenvalue weighted by molar-refractivity contribution is 7.09. The average Bonchev–Trinajstić information content (AvgIpc) is 2.70. The number of halogens is 2.